The summed E-state index contributed by atoms with van der Waals surface area (Å²) in [6.07, 6.45) is 4.11. The van der Waals surface area contributed by atoms with Gasteiger partial charge in [-0.05, 0) is 18.9 Å². The number of hydrogen-bond acceptors (Lipinski definition) is 7. The number of nitrogens with one attached hydrogen (secondary N) is 2. The number of aliphatic hydroxyl groups excluding tert-OH is 1. The second kappa shape index (κ2) is 6.46. The summed E-state index contributed by atoms with van der Waals surface area (Å²) < 4.78 is 24.5. The lowest BCUT2D eigenvalue weighted by Crippen LogP contribution is -2.42. The van der Waals surface area contributed by atoms with E-state index in [1.54, 1.807) is 12.3 Å². The standard InChI is InChI=1S/C14H19N5O4S/c1-24(22,23)19-4-2-11(3-5-19)16-14-15-7-9-6-10(8-20)13(21)17-12(9)18-14/h6-7,11,20H,2-5,8H2,1H3,(H2,15,16,17,18,21). The molecule has 3 rings (SSSR count). The van der Waals surface area contributed by atoms with Crippen LogP contribution in [0, 0.1) is 0 Å². The van der Waals surface area contributed by atoms with Gasteiger partial charge < -0.3 is 15.4 Å². The fourth-order valence-corrected chi connectivity index (χ4v) is 3.61. The van der Waals surface area contributed by atoms with E-state index in [4.69, 9.17) is 5.11 Å². The van der Waals surface area contributed by atoms with Crippen molar-refractivity contribution in [3.63, 3.8) is 0 Å². The van der Waals surface area contributed by atoms with Gasteiger partial charge in [-0.25, -0.2) is 17.7 Å². The van der Waals surface area contributed by atoms with Gasteiger partial charge in [-0.3, -0.25) is 4.79 Å². The van der Waals surface area contributed by atoms with Crippen LogP contribution in [-0.2, 0) is 16.6 Å². The molecule has 0 aliphatic carbocycles. The van der Waals surface area contributed by atoms with Gasteiger partial charge in [-0.1, -0.05) is 0 Å². The Morgan fingerprint density at radius 3 is 2.75 bits per heavy atom. The summed E-state index contributed by atoms with van der Waals surface area (Å²) >= 11 is 0. The lowest BCUT2D eigenvalue weighted by Gasteiger charge is -2.30. The van der Waals surface area contributed by atoms with Crippen LogP contribution in [-0.4, -0.2) is 58.2 Å². The maximum Gasteiger partial charge on any atom is 0.255 e. The molecule has 130 valence electrons. The summed E-state index contributed by atoms with van der Waals surface area (Å²) in [4.78, 5) is 22.9. The molecule has 0 saturated carbocycles. The highest BCUT2D eigenvalue weighted by atomic mass is 32.2. The molecule has 24 heavy (non-hydrogen) atoms. The lowest BCUT2D eigenvalue weighted by molar-refractivity contribution is 0.280. The molecule has 3 heterocycles. The maximum absolute atomic E-state index is 11.7. The molecule has 10 heteroatoms. The second-order valence-corrected chi connectivity index (χ2v) is 7.84. The van der Waals surface area contributed by atoms with Crippen molar-refractivity contribution < 1.29 is 13.5 Å². The third-order valence-electron chi connectivity index (χ3n) is 4.10. The quantitative estimate of drug-likeness (QED) is 0.685. The number of aromatic nitrogens is 3. The fourth-order valence-electron chi connectivity index (χ4n) is 2.74. The van der Waals surface area contributed by atoms with Crippen LogP contribution >= 0.6 is 0 Å². The van der Waals surface area contributed by atoms with Gasteiger partial charge in [-0.2, -0.15) is 4.98 Å². The Labute approximate surface area is 138 Å². The molecule has 2 aromatic heterocycles. The van der Waals surface area contributed by atoms with Crippen LogP contribution in [0.4, 0.5) is 5.95 Å². The zero-order valence-corrected chi connectivity index (χ0v) is 14.0. The molecule has 0 aromatic carbocycles. The van der Waals surface area contributed by atoms with Gasteiger partial charge >= 0.3 is 0 Å². The number of nitrogens with zero attached hydrogens (tertiary/aromatic N) is 3. The summed E-state index contributed by atoms with van der Waals surface area (Å²) in [5.41, 5.74) is 0.277. The number of anilines is 1. The van der Waals surface area contributed by atoms with Gasteiger partial charge in [0.15, 0.2) is 0 Å². The number of H-pyrrole nitrogens is 1. The number of pyridine rings is 1. The lowest BCUT2D eigenvalue weighted by atomic mass is 10.1. The molecule has 0 unspecified atom stereocenters. The number of piperidine rings is 1. The van der Waals surface area contributed by atoms with E-state index >= 15 is 0 Å². The van der Waals surface area contributed by atoms with E-state index in [1.807, 2.05) is 0 Å². The molecule has 0 amide bonds. The van der Waals surface area contributed by atoms with Crippen molar-refractivity contribution in [2.24, 2.45) is 0 Å². The molecule has 1 aliphatic heterocycles. The first kappa shape index (κ1) is 16.8. The normalized spacial score (nSPS) is 17.2. The molecular formula is C14H19N5O4S. The second-order valence-electron chi connectivity index (χ2n) is 5.86. The Hall–Kier alpha value is -2.04. The van der Waals surface area contributed by atoms with Crippen LogP contribution in [0.5, 0.6) is 0 Å². The number of hydrogen-bond donors (Lipinski definition) is 3. The van der Waals surface area contributed by atoms with E-state index in [0.717, 1.165) is 0 Å². The van der Waals surface area contributed by atoms with E-state index in [-0.39, 0.29) is 23.8 Å². The van der Waals surface area contributed by atoms with E-state index < -0.39 is 10.0 Å². The van der Waals surface area contributed by atoms with Crippen molar-refractivity contribution in [1.82, 2.24) is 19.3 Å². The summed E-state index contributed by atoms with van der Waals surface area (Å²) in [6.45, 7) is 0.575. The molecule has 0 radical (unpaired) electrons. The molecule has 0 spiro atoms. The minimum absolute atomic E-state index is 0.0730. The summed E-state index contributed by atoms with van der Waals surface area (Å²) in [7, 11) is -3.15. The van der Waals surface area contributed by atoms with Gasteiger partial charge in [0, 0.05) is 36.3 Å². The van der Waals surface area contributed by atoms with E-state index in [1.165, 1.54) is 10.6 Å². The van der Waals surface area contributed by atoms with Crippen molar-refractivity contribution in [1.29, 1.82) is 0 Å². The zero-order chi connectivity index (χ0) is 17.3. The average Bonchev–Trinajstić information content (AvgIpc) is 2.54. The first-order valence-electron chi connectivity index (χ1n) is 7.58. The third kappa shape index (κ3) is 3.55. The van der Waals surface area contributed by atoms with Crippen LogP contribution in [0.2, 0.25) is 0 Å². The van der Waals surface area contributed by atoms with Crippen molar-refractivity contribution in [3.05, 3.63) is 28.2 Å². The molecule has 1 fully saturated rings. The zero-order valence-electron chi connectivity index (χ0n) is 13.2. The minimum atomic E-state index is -3.15. The molecular weight excluding hydrogens is 334 g/mol. The van der Waals surface area contributed by atoms with Crippen molar-refractivity contribution in [2.45, 2.75) is 25.5 Å². The summed E-state index contributed by atoms with van der Waals surface area (Å²) in [5.74, 6) is 0.382. The molecule has 9 nitrogen and oxygen atoms in total. The molecule has 1 aliphatic rings. The molecule has 1 saturated heterocycles. The number of aromatic amines is 1. The SMILES string of the molecule is CS(=O)(=O)N1CCC(Nc2ncc3cc(CO)c(=O)[nH]c3n2)CC1. The van der Waals surface area contributed by atoms with Gasteiger partial charge in [-0.15, -0.1) is 0 Å². The van der Waals surface area contributed by atoms with Crippen LogP contribution in [0.15, 0.2) is 17.1 Å². The Morgan fingerprint density at radius 2 is 2.12 bits per heavy atom. The number of fused-ring (bicyclic) bond motifs is 1. The highest BCUT2D eigenvalue weighted by Gasteiger charge is 2.25. The summed E-state index contributed by atoms with van der Waals surface area (Å²) in [6, 6.07) is 1.63. The third-order valence-corrected chi connectivity index (χ3v) is 5.40. The fraction of sp³-hybridized carbons (Fsp3) is 0.500. The van der Waals surface area contributed by atoms with Crippen LogP contribution < -0.4 is 10.9 Å². The molecule has 2 aromatic rings. The number of sulfonamides is 1. The van der Waals surface area contributed by atoms with Gasteiger partial charge in [0.05, 0.1) is 12.9 Å². The van der Waals surface area contributed by atoms with Crippen molar-refractivity contribution >= 4 is 27.0 Å². The number of rotatable bonds is 4. The predicted octanol–water partition coefficient (Wildman–Crippen LogP) is -0.354. The number of aliphatic hydroxyl groups is 1. The van der Waals surface area contributed by atoms with Gasteiger partial charge in [0.2, 0.25) is 16.0 Å². The smallest absolute Gasteiger partial charge is 0.255 e. The Balaban J connectivity index is 1.73. The van der Waals surface area contributed by atoms with E-state index in [9.17, 15) is 13.2 Å². The minimum Gasteiger partial charge on any atom is -0.391 e. The highest BCUT2D eigenvalue weighted by molar-refractivity contribution is 7.88. The van der Waals surface area contributed by atoms with Crippen LogP contribution in [0.3, 0.4) is 0 Å². The van der Waals surface area contributed by atoms with Gasteiger partial charge in [0.25, 0.3) is 5.56 Å². The summed E-state index contributed by atoms with van der Waals surface area (Å²) in [5, 5.41) is 12.9. The molecule has 0 atom stereocenters. The Bertz CT molecular complexity index is 903. The van der Waals surface area contributed by atoms with Crippen LogP contribution in [0.1, 0.15) is 18.4 Å². The predicted molar refractivity (Wildman–Crippen MR) is 89.1 cm³/mol. The highest BCUT2D eigenvalue weighted by Crippen LogP contribution is 2.17. The van der Waals surface area contributed by atoms with Crippen LogP contribution in [0.25, 0.3) is 11.0 Å². The van der Waals surface area contributed by atoms with Gasteiger partial charge in [0.1, 0.15) is 5.65 Å². The molecule has 3 N–H and O–H groups in total. The first-order valence-corrected chi connectivity index (χ1v) is 9.43. The topological polar surface area (TPSA) is 128 Å². The van der Waals surface area contributed by atoms with Crippen molar-refractivity contribution in [3.8, 4) is 0 Å². The Kier molecular flexibility index (Phi) is 4.52. The average molecular weight is 353 g/mol. The van der Waals surface area contributed by atoms with E-state index in [2.05, 4.69) is 20.3 Å². The monoisotopic (exact) mass is 353 g/mol. The molecule has 0 bridgehead atoms. The van der Waals surface area contributed by atoms with Crippen molar-refractivity contribution in [2.75, 3.05) is 24.7 Å². The maximum atomic E-state index is 11.7. The Morgan fingerprint density at radius 1 is 1.42 bits per heavy atom. The first-order chi connectivity index (χ1) is 11.4. The van der Waals surface area contributed by atoms with E-state index in [0.29, 0.717) is 42.9 Å². The largest absolute Gasteiger partial charge is 0.391 e.